The van der Waals surface area contributed by atoms with Crippen molar-refractivity contribution in [1.29, 1.82) is 0 Å². The van der Waals surface area contributed by atoms with Gasteiger partial charge in [0.2, 0.25) is 0 Å². The molecule has 0 bridgehead atoms. The van der Waals surface area contributed by atoms with Crippen LogP contribution in [0.2, 0.25) is 5.02 Å². The highest BCUT2D eigenvalue weighted by molar-refractivity contribution is 6.31. The summed E-state index contributed by atoms with van der Waals surface area (Å²) in [4.78, 5) is 12.1. The molecule has 3 nitrogen and oxygen atoms in total. The van der Waals surface area contributed by atoms with Gasteiger partial charge in [-0.1, -0.05) is 72.3 Å². The standard InChI is InChI=1S/C22H19ClO3/c1-16(22(24)25-15-19-9-5-6-10-21(19)23)26-20-13-11-18(12-14-20)17-7-3-2-4-8-17/h2-14,16H,15H2,1H3/t16-/m0/s1. The van der Waals surface area contributed by atoms with E-state index in [1.165, 1.54) is 0 Å². The van der Waals surface area contributed by atoms with Crippen LogP contribution in [0, 0.1) is 0 Å². The molecule has 0 aliphatic rings. The van der Waals surface area contributed by atoms with E-state index in [-0.39, 0.29) is 6.61 Å². The van der Waals surface area contributed by atoms with Gasteiger partial charge in [-0.3, -0.25) is 0 Å². The molecule has 1 atom stereocenters. The molecule has 0 heterocycles. The summed E-state index contributed by atoms with van der Waals surface area (Å²) in [6.45, 7) is 1.79. The van der Waals surface area contributed by atoms with E-state index >= 15 is 0 Å². The van der Waals surface area contributed by atoms with Crippen LogP contribution in [0.1, 0.15) is 12.5 Å². The van der Waals surface area contributed by atoms with Crippen LogP contribution in [0.4, 0.5) is 0 Å². The smallest absolute Gasteiger partial charge is 0.347 e. The second kappa shape index (κ2) is 8.54. The van der Waals surface area contributed by atoms with Crippen molar-refractivity contribution in [1.82, 2.24) is 0 Å². The van der Waals surface area contributed by atoms with Crippen molar-refractivity contribution in [2.24, 2.45) is 0 Å². The van der Waals surface area contributed by atoms with Gasteiger partial charge in [0.15, 0.2) is 6.10 Å². The van der Waals surface area contributed by atoms with Gasteiger partial charge in [-0.05, 0) is 36.2 Å². The lowest BCUT2D eigenvalue weighted by Gasteiger charge is -2.14. The van der Waals surface area contributed by atoms with Crippen LogP contribution in [0.3, 0.4) is 0 Å². The fraction of sp³-hybridized carbons (Fsp3) is 0.136. The van der Waals surface area contributed by atoms with E-state index in [1.807, 2.05) is 72.8 Å². The van der Waals surface area contributed by atoms with Gasteiger partial charge in [0.05, 0.1) is 0 Å². The summed E-state index contributed by atoms with van der Waals surface area (Å²) in [7, 11) is 0. The molecule has 0 saturated carbocycles. The number of rotatable bonds is 6. The largest absolute Gasteiger partial charge is 0.479 e. The summed E-state index contributed by atoms with van der Waals surface area (Å²) >= 11 is 6.06. The summed E-state index contributed by atoms with van der Waals surface area (Å²) in [5, 5.41) is 0.574. The minimum absolute atomic E-state index is 0.124. The zero-order chi connectivity index (χ0) is 18.4. The van der Waals surface area contributed by atoms with Crippen LogP contribution in [0.15, 0.2) is 78.9 Å². The number of esters is 1. The van der Waals surface area contributed by atoms with Crippen molar-refractivity contribution >= 4 is 17.6 Å². The van der Waals surface area contributed by atoms with Gasteiger partial charge in [0.1, 0.15) is 12.4 Å². The van der Waals surface area contributed by atoms with E-state index in [4.69, 9.17) is 21.1 Å². The summed E-state index contributed by atoms with van der Waals surface area (Å²) < 4.78 is 11.0. The molecule has 0 aliphatic heterocycles. The molecule has 0 N–H and O–H groups in total. The first-order chi connectivity index (χ1) is 12.6. The average molecular weight is 367 g/mol. The van der Waals surface area contributed by atoms with Crippen molar-refractivity contribution in [3.05, 3.63) is 89.4 Å². The highest BCUT2D eigenvalue weighted by Crippen LogP contribution is 2.23. The van der Waals surface area contributed by atoms with Crippen molar-refractivity contribution in [3.8, 4) is 16.9 Å². The second-order valence-corrected chi connectivity index (χ2v) is 6.26. The highest BCUT2D eigenvalue weighted by Gasteiger charge is 2.17. The fourth-order valence-corrected chi connectivity index (χ4v) is 2.68. The molecule has 0 spiro atoms. The predicted octanol–water partition coefficient (Wildman–Crippen LogP) is 5.52. The molecule has 0 aliphatic carbocycles. The molecule has 0 amide bonds. The Morgan fingerprint density at radius 3 is 2.19 bits per heavy atom. The van der Waals surface area contributed by atoms with Crippen LogP contribution in [-0.4, -0.2) is 12.1 Å². The lowest BCUT2D eigenvalue weighted by molar-refractivity contribution is -0.152. The molecule has 0 unspecified atom stereocenters. The third-order valence-electron chi connectivity index (χ3n) is 3.93. The molecule has 0 radical (unpaired) electrons. The molecular formula is C22H19ClO3. The van der Waals surface area contributed by atoms with Crippen LogP contribution in [-0.2, 0) is 16.1 Å². The molecule has 132 valence electrons. The maximum atomic E-state index is 12.1. The van der Waals surface area contributed by atoms with Gasteiger partial charge in [0, 0.05) is 10.6 Å². The quantitative estimate of drug-likeness (QED) is 0.539. The number of benzene rings is 3. The third kappa shape index (κ3) is 4.64. The molecule has 0 aromatic heterocycles. The first-order valence-corrected chi connectivity index (χ1v) is 8.73. The lowest BCUT2D eigenvalue weighted by atomic mass is 10.1. The highest BCUT2D eigenvalue weighted by atomic mass is 35.5. The Bertz CT molecular complexity index is 860. The van der Waals surface area contributed by atoms with Gasteiger partial charge in [0.25, 0.3) is 0 Å². The Kier molecular flexibility index (Phi) is 5.92. The van der Waals surface area contributed by atoms with Gasteiger partial charge >= 0.3 is 5.97 Å². The van der Waals surface area contributed by atoms with Gasteiger partial charge in [-0.2, -0.15) is 0 Å². The molecule has 3 aromatic carbocycles. The van der Waals surface area contributed by atoms with E-state index < -0.39 is 12.1 Å². The first kappa shape index (κ1) is 18.0. The van der Waals surface area contributed by atoms with Crippen molar-refractivity contribution in [2.45, 2.75) is 19.6 Å². The Hall–Kier alpha value is -2.78. The van der Waals surface area contributed by atoms with Crippen molar-refractivity contribution in [2.75, 3.05) is 0 Å². The van der Waals surface area contributed by atoms with Crippen molar-refractivity contribution < 1.29 is 14.3 Å². The number of halogens is 1. The average Bonchev–Trinajstić information content (AvgIpc) is 2.68. The van der Waals surface area contributed by atoms with Crippen LogP contribution in [0.25, 0.3) is 11.1 Å². The summed E-state index contributed by atoms with van der Waals surface area (Å²) in [5.41, 5.74) is 2.99. The van der Waals surface area contributed by atoms with Crippen LogP contribution < -0.4 is 4.74 Å². The topological polar surface area (TPSA) is 35.5 Å². The maximum Gasteiger partial charge on any atom is 0.347 e. The number of hydrogen-bond donors (Lipinski definition) is 0. The predicted molar refractivity (Wildman–Crippen MR) is 103 cm³/mol. The number of carbonyl (C=O) groups is 1. The minimum Gasteiger partial charge on any atom is -0.479 e. The monoisotopic (exact) mass is 366 g/mol. The summed E-state index contributed by atoms with van der Waals surface area (Å²) in [6.07, 6.45) is -0.708. The molecular weight excluding hydrogens is 348 g/mol. The molecule has 3 aromatic rings. The fourth-order valence-electron chi connectivity index (χ4n) is 2.49. The Labute approximate surface area is 158 Å². The number of carbonyl (C=O) groups excluding carboxylic acids is 1. The Morgan fingerprint density at radius 1 is 0.885 bits per heavy atom. The van der Waals surface area contributed by atoms with Gasteiger partial charge in [-0.15, -0.1) is 0 Å². The summed E-state index contributed by atoms with van der Waals surface area (Å²) in [6, 6.07) is 25.0. The molecule has 26 heavy (non-hydrogen) atoms. The van der Waals surface area contributed by atoms with E-state index in [2.05, 4.69) is 0 Å². The van der Waals surface area contributed by atoms with E-state index in [0.717, 1.165) is 16.7 Å². The van der Waals surface area contributed by atoms with E-state index in [9.17, 15) is 4.79 Å². The zero-order valence-electron chi connectivity index (χ0n) is 14.4. The van der Waals surface area contributed by atoms with E-state index in [1.54, 1.807) is 13.0 Å². The second-order valence-electron chi connectivity index (χ2n) is 5.85. The maximum absolute atomic E-state index is 12.1. The van der Waals surface area contributed by atoms with Crippen molar-refractivity contribution in [3.63, 3.8) is 0 Å². The number of ether oxygens (including phenoxy) is 2. The third-order valence-corrected chi connectivity index (χ3v) is 4.30. The summed E-state index contributed by atoms with van der Waals surface area (Å²) in [5.74, 6) is 0.184. The molecule has 0 fully saturated rings. The van der Waals surface area contributed by atoms with Crippen LogP contribution in [0.5, 0.6) is 5.75 Å². The minimum atomic E-state index is -0.708. The van der Waals surface area contributed by atoms with Gasteiger partial charge in [-0.25, -0.2) is 4.79 Å². The van der Waals surface area contributed by atoms with E-state index in [0.29, 0.717) is 10.8 Å². The van der Waals surface area contributed by atoms with Gasteiger partial charge < -0.3 is 9.47 Å². The Balaban J connectivity index is 1.56. The zero-order valence-corrected chi connectivity index (χ0v) is 15.1. The van der Waals surface area contributed by atoms with Crippen LogP contribution >= 0.6 is 11.6 Å². The lowest BCUT2D eigenvalue weighted by Crippen LogP contribution is -2.26. The normalized spacial score (nSPS) is 11.6. The molecule has 0 saturated heterocycles. The molecule has 4 heteroatoms. The molecule has 3 rings (SSSR count). The Morgan fingerprint density at radius 2 is 1.50 bits per heavy atom. The first-order valence-electron chi connectivity index (χ1n) is 8.35. The SMILES string of the molecule is C[C@H](Oc1ccc(-c2ccccc2)cc1)C(=O)OCc1ccccc1Cl. The number of hydrogen-bond acceptors (Lipinski definition) is 3.